The van der Waals surface area contributed by atoms with E-state index in [0.717, 1.165) is 133 Å². The van der Waals surface area contributed by atoms with Gasteiger partial charge >= 0.3 is 18.0 Å². The number of ether oxygens (including phenoxy) is 1. The van der Waals surface area contributed by atoms with E-state index in [1.165, 1.54) is 62.6 Å². The molecule has 2 saturated heterocycles. The van der Waals surface area contributed by atoms with Crippen molar-refractivity contribution in [2.24, 2.45) is 0 Å². The molecule has 4 aliphatic heterocycles. The number of likely N-dealkylation sites (tertiary alicyclic amines) is 1. The number of carboxylic acids is 1. The number of aromatic nitrogens is 6. The summed E-state index contributed by atoms with van der Waals surface area (Å²) in [5.41, 5.74) is 14.9. The molecular formula is C56H78N10O5. The van der Waals surface area contributed by atoms with Crippen LogP contribution in [0.25, 0.3) is 22.1 Å². The Morgan fingerprint density at radius 3 is 1.70 bits per heavy atom. The lowest BCUT2D eigenvalue weighted by molar-refractivity contribution is -0.141. The molecule has 0 spiro atoms. The van der Waals surface area contributed by atoms with Crippen LogP contribution >= 0.6 is 0 Å². The highest BCUT2D eigenvalue weighted by Gasteiger charge is 2.29. The van der Waals surface area contributed by atoms with E-state index in [1.807, 2.05) is 45.1 Å². The van der Waals surface area contributed by atoms with Gasteiger partial charge in [0.1, 0.15) is 11.0 Å². The van der Waals surface area contributed by atoms with E-state index < -0.39 is 5.97 Å². The van der Waals surface area contributed by atoms with Gasteiger partial charge in [-0.05, 0) is 160 Å². The maximum absolute atomic E-state index is 13.1. The fourth-order valence-corrected chi connectivity index (χ4v) is 10.6. The van der Waals surface area contributed by atoms with Gasteiger partial charge in [0.2, 0.25) is 0 Å². The highest BCUT2D eigenvalue weighted by atomic mass is 16.5. The number of amides is 2. The van der Waals surface area contributed by atoms with Crippen LogP contribution in [0, 0.1) is 13.8 Å². The number of methoxy groups -OCH3 is 1. The molecule has 382 valence electrons. The third-order valence-electron chi connectivity index (χ3n) is 14.6. The minimum Gasteiger partial charge on any atom is -0.481 e. The molecule has 3 N–H and O–H groups in total. The van der Waals surface area contributed by atoms with E-state index in [1.54, 1.807) is 0 Å². The average molecular weight is 971 g/mol. The number of rotatable bonds is 10. The largest absolute Gasteiger partial charge is 0.481 e. The van der Waals surface area contributed by atoms with Crippen molar-refractivity contribution in [3.63, 3.8) is 0 Å². The van der Waals surface area contributed by atoms with E-state index in [2.05, 4.69) is 93.6 Å². The maximum Gasteiger partial charge on any atom is 0.320 e. The first-order valence-corrected chi connectivity index (χ1v) is 25.2. The third kappa shape index (κ3) is 12.5. The lowest BCUT2D eigenvalue weighted by Gasteiger charge is -2.36. The molecule has 2 atom stereocenters. The average Bonchev–Trinajstić information content (AvgIpc) is 4.03. The van der Waals surface area contributed by atoms with Crippen LogP contribution < -0.4 is 10.6 Å². The Labute approximate surface area is 420 Å². The van der Waals surface area contributed by atoms with Crippen molar-refractivity contribution in [1.82, 2.24) is 50.4 Å². The van der Waals surface area contributed by atoms with Crippen LogP contribution in [0.3, 0.4) is 0 Å². The van der Waals surface area contributed by atoms with Crippen molar-refractivity contribution < 1.29 is 24.2 Å². The quantitative estimate of drug-likeness (QED) is 0.112. The smallest absolute Gasteiger partial charge is 0.320 e. The van der Waals surface area contributed by atoms with E-state index in [4.69, 9.17) is 4.74 Å². The van der Waals surface area contributed by atoms with Crippen LogP contribution in [0.2, 0.25) is 0 Å². The van der Waals surface area contributed by atoms with E-state index in [9.17, 15) is 19.5 Å². The molecule has 2 amide bonds. The zero-order valence-electron chi connectivity index (χ0n) is 41.2. The number of benzene rings is 4. The van der Waals surface area contributed by atoms with Crippen LogP contribution in [0.1, 0.15) is 148 Å². The lowest BCUT2D eigenvalue weighted by atomic mass is 9.83. The molecule has 2 unspecified atom stereocenters. The Kier molecular flexibility index (Phi) is 19.3. The molecule has 0 aliphatic carbocycles. The first-order chi connectivity index (χ1) is 33.6. The predicted octanol–water partition coefficient (Wildman–Crippen LogP) is 9.46. The molecule has 4 aliphatic rings. The minimum absolute atomic E-state index is 0. The van der Waals surface area contributed by atoms with Crippen molar-refractivity contribution >= 4 is 40.0 Å². The molecule has 10 rings (SSSR count). The second-order valence-corrected chi connectivity index (χ2v) is 18.9. The number of aryl methyl sites for hydroxylation is 4. The van der Waals surface area contributed by atoms with Gasteiger partial charge < -0.3 is 30.3 Å². The van der Waals surface area contributed by atoms with Crippen molar-refractivity contribution in [2.75, 3.05) is 46.4 Å². The first-order valence-electron chi connectivity index (χ1n) is 25.2. The van der Waals surface area contributed by atoms with Crippen LogP contribution in [-0.2, 0) is 53.3 Å². The summed E-state index contributed by atoms with van der Waals surface area (Å²) < 4.78 is 8.75. The van der Waals surface area contributed by atoms with E-state index in [-0.39, 0.29) is 45.1 Å². The van der Waals surface area contributed by atoms with Crippen LogP contribution in [0.5, 0.6) is 0 Å². The normalized spacial score (nSPS) is 16.1. The number of aliphatic carboxylic acids is 1. The third-order valence-corrected chi connectivity index (χ3v) is 14.6. The number of nitrogens with zero attached hydrogens (tertiary/aromatic N) is 8. The van der Waals surface area contributed by atoms with Gasteiger partial charge in [0.15, 0.2) is 0 Å². The van der Waals surface area contributed by atoms with Gasteiger partial charge in [0.05, 0.1) is 31.0 Å². The summed E-state index contributed by atoms with van der Waals surface area (Å²) in [5.74, 6) is -1.43. The van der Waals surface area contributed by atoms with Crippen molar-refractivity contribution in [3.05, 3.63) is 116 Å². The zero-order chi connectivity index (χ0) is 48.4. The Bertz CT molecular complexity index is 2740. The lowest BCUT2D eigenvalue weighted by Crippen LogP contribution is -2.47. The van der Waals surface area contributed by atoms with E-state index in [0.29, 0.717) is 13.0 Å². The SMILES string of the molecule is C.C.C1CCNCC1.CCn1nnc2c(C)c(C(CC(=O)O)c3ccc4c(c3)CN(C(=O)N3CCCCC3)CC4)ccc21.CCn1nnc2c(C)c(C(CC(=O)OC)c3ccc4c(c3)CNCC4)ccc21. The van der Waals surface area contributed by atoms with Gasteiger partial charge in [-0.15, -0.1) is 10.2 Å². The molecule has 6 aromatic rings. The highest BCUT2D eigenvalue weighted by Crippen LogP contribution is 2.37. The van der Waals surface area contributed by atoms with Gasteiger partial charge in [0, 0.05) is 57.6 Å². The second kappa shape index (κ2) is 25.3. The minimum atomic E-state index is -0.841. The Hall–Kier alpha value is -6.19. The zero-order valence-corrected chi connectivity index (χ0v) is 41.2. The predicted molar refractivity (Wildman–Crippen MR) is 282 cm³/mol. The van der Waals surface area contributed by atoms with Gasteiger partial charge in [-0.25, -0.2) is 14.2 Å². The molecule has 4 aromatic carbocycles. The van der Waals surface area contributed by atoms with Crippen LogP contribution in [0.4, 0.5) is 4.79 Å². The Balaban J connectivity index is 0.000000206. The number of carbonyl (C=O) groups is 3. The summed E-state index contributed by atoms with van der Waals surface area (Å²) in [5, 5.41) is 33.7. The van der Waals surface area contributed by atoms with Gasteiger partial charge in [0.25, 0.3) is 0 Å². The molecule has 15 nitrogen and oxygen atoms in total. The number of hydrogen-bond acceptors (Lipinski definition) is 10. The Morgan fingerprint density at radius 1 is 0.634 bits per heavy atom. The number of nitrogens with one attached hydrogen (secondary N) is 2. The number of urea groups is 1. The molecule has 0 saturated carbocycles. The number of esters is 1. The summed E-state index contributed by atoms with van der Waals surface area (Å²) in [6, 6.07) is 21.2. The monoisotopic (exact) mass is 971 g/mol. The molecule has 2 fully saturated rings. The summed E-state index contributed by atoms with van der Waals surface area (Å²) >= 11 is 0. The molecule has 2 aromatic heterocycles. The van der Waals surface area contributed by atoms with Gasteiger partial charge in [-0.1, -0.05) is 80.2 Å². The molecule has 71 heavy (non-hydrogen) atoms. The Morgan fingerprint density at radius 2 is 1.18 bits per heavy atom. The fraction of sp³-hybridized carbons (Fsp3) is 0.518. The molecule has 15 heteroatoms. The number of piperidine rings is 2. The number of carboxylic acid groups (broad SMARTS) is 1. The number of hydrogen-bond donors (Lipinski definition) is 3. The molecular weight excluding hydrogens is 893 g/mol. The maximum atomic E-state index is 13.1. The molecule has 0 bridgehead atoms. The summed E-state index contributed by atoms with van der Waals surface area (Å²) in [7, 11) is 1.44. The summed E-state index contributed by atoms with van der Waals surface area (Å²) in [4.78, 5) is 41.1. The summed E-state index contributed by atoms with van der Waals surface area (Å²) in [6.45, 7) is 17.0. The van der Waals surface area contributed by atoms with Gasteiger partial charge in [-0.3, -0.25) is 9.59 Å². The van der Waals surface area contributed by atoms with Crippen molar-refractivity contribution in [3.8, 4) is 0 Å². The summed E-state index contributed by atoms with van der Waals surface area (Å²) in [6.07, 6.45) is 9.72. The van der Waals surface area contributed by atoms with Crippen molar-refractivity contribution in [1.29, 1.82) is 0 Å². The number of fused-ring (bicyclic) bond motifs is 4. The fourth-order valence-electron chi connectivity index (χ4n) is 10.6. The van der Waals surface area contributed by atoms with Crippen LogP contribution in [-0.4, -0.2) is 109 Å². The molecule has 0 radical (unpaired) electrons. The van der Waals surface area contributed by atoms with E-state index >= 15 is 0 Å². The highest BCUT2D eigenvalue weighted by molar-refractivity contribution is 5.82. The van der Waals surface area contributed by atoms with Crippen LogP contribution in [0.15, 0.2) is 60.7 Å². The van der Waals surface area contributed by atoms with Gasteiger partial charge in [-0.2, -0.15) is 0 Å². The van der Waals surface area contributed by atoms with Crippen molar-refractivity contribution in [2.45, 2.75) is 145 Å². The standard InChI is InChI=1S/C27H33N5O3.C22H26N4O2.C5H11N.2CH4/c1-3-32-24-10-9-22(18(2)26(24)28-29-32)23(16-25(33)34)20-8-7-19-11-14-31(17-21(19)15-20)27(35)30-12-5-4-6-13-30;1-4-26-20-8-7-18(14(2)22(20)24-25-26)19(12-21(27)28-3)16-6-5-15-9-10-23-13-17(15)11-16;1-2-4-6-5-3-1;;/h7-10,15,23H,3-6,11-14,16-17H2,1-2H3,(H,33,34);5-8,11,19,23H,4,9-10,12-13H2,1-3H3;6H,1-5H2;2*1H4. The molecule has 6 heterocycles. The first kappa shape index (κ1) is 54.1. The number of carbonyl (C=O) groups excluding carboxylic acids is 2. The topological polar surface area (TPSA) is 173 Å². The second-order valence-electron chi connectivity index (χ2n) is 18.9.